The zero-order valence-corrected chi connectivity index (χ0v) is 10.9. The molecule has 1 saturated heterocycles. The fourth-order valence-electron chi connectivity index (χ4n) is 2.06. The van der Waals surface area contributed by atoms with Crippen LogP contribution in [0.4, 0.5) is 5.69 Å². The summed E-state index contributed by atoms with van der Waals surface area (Å²) in [6.07, 6.45) is 2.22. The van der Waals surface area contributed by atoms with E-state index < -0.39 is 0 Å². The number of nitrogens with two attached hydrogens (primary N) is 1. The van der Waals surface area contributed by atoms with Gasteiger partial charge in [-0.25, -0.2) is 0 Å². The molecule has 4 nitrogen and oxygen atoms in total. The lowest BCUT2D eigenvalue weighted by molar-refractivity contribution is -0.0394. The number of nitrogen functional groups attached to an aromatic ring is 1. The molecule has 2 N–H and O–H groups in total. The minimum Gasteiger partial charge on any atom is -0.494 e. The van der Waals surface area contributed by atoms with Crippen molar-refractivity contribution in [3.63, 3.8) is 0 Å². The molecule has 2 rings (SSSR count). The normalized spacial score (nSPS) is 16.7. The molecule has 0 spiro atoms. The van der Waals surface area contributed by atoms with Crippen LogP contribution in [0.2, 0.25) is 0 Å². The largest absolute Gasteiger partial charge is 0.494 e. The SMILES string of the molecule is CCOc1ccc(N)cc1COC1CCOCC1. The Labute approximate surface area is 108 Å². The number of ether oxygens (including phenoxy) is 3. The third kappa shape index (κ3) is 3.62. The van der Waals surface area contributed by atoms with Crippen LogP contribution in [-0.4, -0.2) is 25.9 Å². The molecule has 1 aromatic carbocycles. The highest BCUT2D eigenvalue weighted by Crippen LogP contribution is 2.24. The minimum atomic E-state index is 0.287. The van der Waals surface area contributed by atoms with Gasteiger partial charge in [0.2, 0.25) is 0 Å². The summed E-state index contributed by atoms with van der Waals surface area (Å²) in [4.78, 5) is 0. The molecule has 0 bridgehead atoms. The van der Waals surface area contributed by atoms with Gasteiger partial charge in [-0.2, -0.15) is 0 Å². The molecule has 4 heteroatoms. The Morgan fingerprint density at radius 1 is 1.33 bits per heavy atom. The van der Waals surface area contributed by atoms with Crippen LogP contribution in [0.15, 0.2) is 18.2 Å². The van der Waals surface area contributed by atoms with Crippen LogP contribution in [0.1, 0.15) is 25.3 Å². The van der Waals surface area contributed by atoms with Gasteiger partial charge in [0, 0.05) is 24.5 Å². The van der Waals surface area contributed by atoms with Crippen LogP contribution < -0.4 is 10.5 Å². The fraction of sp³-hybridized carbons (Fsp3) is 0.571. The smallest absolute Gasteiger partial charge is 0.124 e. The third-order valence-electron chi connectivity index (χ3n) is 3.03. The predicted octanol–water partition coefficient (Wildman–Crippen LogP) is 2.36. The first-order chi connectivity index (χ1) is 8.79. The van der Waals surface area contributed by atoms with Crippen molar-refractivity contribution in [2.75, 3.05) is 25.6 Å². The van der Waals surface area contributed by atoms with Gasteiger partial charge >= 0.3 is 0 Å². The van der Waals surface area contributed by atoms with Gasteiger partial charge in [-0.3, -0.25) is 0 Å². The zero-order valence-electron chi connectivity index (χ0n) is 10.9. The highest BCUT2D eigenvalue weighted by molar-refractivity contribution is 5.47. The van der Waals surface area contributed by atoms with E-state index in [-0.39, 0.29) is 6.10 Å². The van der Waals surface area contributed by atoms with Gasteiger partial charge in [-0.15, -0.1) is 0 Å². The second-order valence-electron chi connectivity index (χ2n) is 4.42. The van der Waals surface area contributed by atoms with Crippen LogP contribution in [-0.2, 0) is 16.1 Å². The molecule has 1 fully saturated rings. The summed E-state index contributed by atoms with van der Waals surface area (Å²) in [5.41, 5.74) is 7.56. The molecule has 1 aliphatic rings. The van der Waals surface area contributed by atoms with E-state index in [2.05, 4.69) is 0 Å². The van der Waals surface area contributed by atoms with Gasteiger partial charge in [-0.1, -0.05) is 0 Å². The molecule has 0 saturated carbocycles. The zero-order chi connectivity index (χ0) is 12.8. The number of hydrogen-bond acceptors (Lipinski definition) is 4. The van der Waals surface area contributed by atoms with E-state index in [9.17, 15) is 0 Å². The summed E-state index contributed by atoms with van der Waals surface area (Å²) < 4.78 is 16.8. The third-order valence-corrected chi connectivity index (χ3v) is 3.03. The van der Waals surface area contributed by atoms with Crippen molar-refractivity contribution < 1.29 is 14.2 Å². The van der Waals surface area contributed by atoms with Gasteiger partial charge in [0.05, 0.1) is 19.3 Å². The Morgan fingerprint density at radius 2 is 2.11 bits per heavy atom. The molecule has 0 aromatic heterocycles. The van der Waals surface area contributed by atoms with Crippen LogP contribution >= 0.6 is 0 Å². The molecule has 0 aliphatic carbocycles. The van der Waals surface area contributed by atoms with Crippen molar-refractivity contribution in [1.29, 1.82) is 0 Å². The van der Waals surface area contributed by atoms with Crippen LogP contribution in [0.25, 0.3) is 0 Å². The van der Waals surface area contributed by atoms with Crippen molar-refractivity contribution in [3.8, 4) is 5.75 Å². The molecule has 0 atom stereocenters. The molecule has 100 valence electrons. The average molecular weight is 251 g/mol. The van der Waals surface area contributed by atoms with Gasteiger partial charge in [-0.05, 0) is 38.0 Å². The Kier molecular flexibility index (Phi) is 4.84. The second-order valence-corrected chi connectivity index (χ2v) is 4.42. The van der Waals surface area contributed by atoms with Gasteiger partial charge in [0.15, 0.2) is 0 Å². The number of hydrogen-bond donors (Lipinski definition) is 1. The quantitative estimate of drug-likeness (QED) is 0.816. The van der Waals surface area contributed by atoms with Gasteiger partial charge in [0.25, 0.3) is 0 Å². The maximum Gasteiger partial charge on any atom is 0.124 e. The monoisotopic (exact) mass is 251 g/mol. The molecule has 1 heterocycles. The summed E-state index contributed by atoms with van der Waals surface area (Å²) >= 11 is 0. The average Bonchev–Trinajstić information content (AvgIpc) is 2.40. The number of rotatable bonds is 5. The van der Waals surface area contributed by atoms with Crippen molar-refractivity contribution in [2.45, 2.75) is 32.5 Å². The highest BCUT2D eigenvalue weighted by Gasteiger charge is 2.15. The first-order valence-electron chi connectivity index (χ1n) is 6.50. The van der Waals surface area contributed by atoms with E-state index in [0.717, 1.165) is 43.1 Å². The first kappa shape index (κ1) is 13.2. The minimum absolute atomic E-state index is 0.287. The molecule has 1 aromatic rings. The predicted molar refractivity (Wildman–Crippen MR) is 70.7 cm³/mol. The Bertz CT molecular complexity index is 375. The maximum absolute atomic E-state index is 5.90. The van der Waals surface area contributed by atoms with Crippen LogP contribution in [0.3, 0.4) is 0 Å². The van der Waals surface area contributed by atoms with E-state index in [1.807, 2.05) is 25.1 Å². The van der Waals surface area contributed by atoms with Gasteiger partial charge in [0.1, 0.15) is 5.75 Å². The molecule has 18 heavy (non-hydrogen) atoms. The lowest BCUT2D eigenvalue weighted by Gasteiger charge is -2.23. The fourth-order valence-corrected chi connectivity index (χ4v) is 2.06. The van der Waals surface area contributed by atoms with E-state index >= 15 is 0 Å². The second kappa shape index (κ2) is 6.61. The van der Waals surface area contributed by atoms with Crippen LogP contribution in [0, 0.1) is 0 Å². The maximum atomic E-state index is 5.90. The van der Waals surface area contributed by atoms with E-state index in [4.69, 9.17) is 19.9 Å². The molecule has 0 amide bonds. The summed E-state index contributed by atoms with van der Waals surface area (Å²) in [5.74, 6) is 0.860. The van der Waals surface area contributed by atoms with Crippen molar-refractivity contribution in [3.05, 3.63) is 23.8 Å². The Morgan fingerprint density at radius 3 is 2.83 bits per heavy atom. The summed E-state index contributed by atoms with van der Waals surface area (Å²) in [6.45, 7) is 4.75. The molecular weight excluding hydrogens is 230 g/mol. The molecule has 1 aliphatic heterocycles. The number of benzene rings is 1. The number of anilines is 1. The van der Waals surface area contributed by atoms with Crippen molar-refractivity contribution >= 4 is 5.69 Å². The van der Waals surface area contributed by atoms with E-state index in [0.29, 0.717) is 13.2 Å². The molecule has 0 radical (unpaired) electrons. The summed E-state index contributed by atoms with van der Waals surface area (Å²) in [6, 6.07) is 5.68. The Hall–Kier alpha value is -1.26. The van der Waals surface area contributed by atoms with Crippen LogP contribution in [0.5, 0.6) is 5.75 Å². The first-order valence-corrected chi connectivity index (χ1v) is 6.50. The summed E-state index contributed by atoms with van der Waals surface area (Å²) in [5, 5.41) is 0. The topological polar surface area (TPSA) is 53.7 Å². The van der Waals surface area contributed by atoms with Gasteiger partial charge < -0.3 is 19.9 Å². The van der Waals surface area contributed by atoms with Crippen molar-refractivity contribution in [2.24, 2.45) is 0 Å². The van der Waals surface area contributed by atoms with E-state index in [1.165, 1.54) is 0 Å². The molecular formula is C14H21NO3. The standard InChI is InChI=1S/C14H21NO3/c1-2-17-14-4-3-12(15)9-11(14)10-18-13-5-7-16-8-6-13/h3-4,9,13H,2,5-8,10,15H2,1H3. The lowest BCUT2D eigenvalue weighted by Crippen LogP contribution is -2.23. The van der Waals surface area contributed by atoms with Crippen molar-refractivity contribution in [1.82, 2.24) is 0 Å². The highest BCUT2D eigenvalue weighted by atomic mass is 16.5. The lowest BCUT2D eigenvalue weighted by atomic mass is 10.1. The Balaban J connectivity index is 1.95. The van der Waals surface area contributed by atoms with E-state index in [1.54, 1.807) is 0 Å². The molecule has 0 unspecified atom stereocenters. The summed E-state index contributed by atoms with van der Waals surface area (Å²) in [7, 11) is 0.